The SMILES string of the molecule is CCCc1ccccc1NC(=O)[C@@H]1CCCC[C@@H]1C(=O)O. The zero-order valence-electron chi connectivity index (χ0n) is 12.5. The highest BCUT2D eigenvalue weighted by Gasteiger charge is 2.35. The minimum absolute atomic E-state index is 0.148. The molecule has 0 aromatic heterocycles. The molecule has 1 saturated carbocycles. The third-order valence-electron chi connectivity index (χ3n) is 4.21. The molecule has 0 radical (unpaired) electrons. The Kier molecular flexibility index (Phi) is 5.37. The molecule has 0 heterocycles. The van der Waals surface area contributed by atoms with E-state index in [9.17, 15) is 14.7 Å². The molecular formula is C17H23NO3. The number of nitrogens with one attached hydrogen (secondary N) is 1. The van der Waals surface area contributed by atoms with Crippen molar-refractivity contribution in [3.63, 3.8) is 0 Å². The Morgan fingerprint density at radius 2 is 1.86 bits per heavy atom. The zero-order chi connectivity index (χ0) is 15.2. The van der Waals surface area contributed by atoms with Crippen LogP contribution in [-0.4, -0.2) is 17.0 Å². The van der Waals surface area contributed by atoms with Crippen LogP contribution in [0, 0.1) is 11.8 Å². The number of hydrogen-bond donors (Lipinski definition) is 2. The van der Waals surface area contributed by atoms with Crippen molar-refractivity contribution in [3.8, 4) is 0 Å². The van der Waals surface area contributed by atoms with E-state index in [1.54, 1.807) is 0 Å². The van der Waals surface area contributed by atoms with E-state index in [0.717, 1.165) is 36.9 Å². The third-order valence-corrected chi connectivity index (χ3v) is 4.21. The first-order valence-corrected chi connectivity index (χ1v) is 7.75. The zero-order valence-corrected chi connectivity index (χ0v) is 12.5. The maximum Gasteiger partial charge on any atom is 0.307 e. The van der Waals surface area contributed by atoms with E-state index in [1.807, 2.05) is 24.3 Å². The Morgan fingerprint density at radius 3 is 2.52 bits per heavy atom. The number of rotatable bonds is 5. The largest absolute Gasteiger partial charge is 0.481 e. The second-order valence-corrected chi connectivity index (χ2v) is 5.73. The monoisotopic (exact) mass is 289 g/mol. The third kappa shape index (κ3) is 3.84. The molecule has 1 aliphatic rings. The van der Waals surface area contributed by atoms with Crippen LogP contribution < -0.4 is 5.32 Å². The van der Waals surface area contributed by atoms with Crippen molar-refractivity contribution in [1.82, 2.24) is 0 Å². The summed E-state index contributed by atoms with van der Waals surface area (Å²) in [4.78, 5) is 23.8. The Morgan fingerprint density at radius 1 is 1.19 bits per heavy atom. The molecule has 0 aliphatic heterocycles. The van der Waals surface area contributed by atoms with Gasteiger partial charge in [0.25, 0.3) is 0 Å². The molecule has 0 saturated heterocycles. The number of carbonyl (C=O) groups is 2. The average Bonchev–Trinajstić information content (AvgIpc) is 2.49. The summed E-state index contributed by atoms with van der Waals surface area (Å²) in [7, 11) is 0. The van der Waals surface area contributed by atoms with Crippen molar-refractivity contribution < 1.29 is 14.7 Å². The van der Waals surface area contributed by atoms with Crippen molar-refractivity contribution in [2.45, 2.75) is 45.4 Å². The van der Waals surface area contributed by atoms with Crippen LogP contribution in [0.1, 0.15) is 44.6 Å². The van der Waals surface area contributed by atoms with Crippen molar-refractivity contribution in [2.24, 2.45) is 11.8 Å². The molecule has 1 aromatic carbocycles. The van der Waals surface area contributed by atoms with E-state index < -0.39 is 17.8 Å². The molecule has 1 amide bonds. The second kappa shape index (κ2) is 7.25. The van der Waals surface area contributed by atoms with Crippen LogP contribution in [0.5, 0.6) is 0 Å². The molecule has 0 unspecified atom stereocenters. The van der Waals surface area contributed by atoms with Crippen LogP contribution in [0.25, 0.3) is 0 Å². The number of aryl methyl sites for hydroxylation is 1. The molecule has 2 rings (SSSR count). The summed E-state index contributed by atoms with van der Waals surface area (Å²) >= 11 is 0. The first kappa shape index (κ1) is 15.5. The molecule has 0 bridgehead atoms. The van der Waals surface area contributed by atoms with Crippen LogP contribution >= 0.6 is 0 Å². The molecule has 2 atom stereocenters. The Balaban J connectivity index is 2.11. The van der Waals surface area contributed by atoms with Gasteiger partial charge in [-0.05, 0) is 30.9 Å². The second-order valence-electron chi connectivity index (χ2n) is 5.73. The van der Waals surface area contributed by atoms with Gasteiger partial charge in [0.05, 0.1) is 11.8 Å². The fraction of sp³-hybridized carbons (Fsp3) is 0.529. The number of carboxylic acids is 1. The maximum absolute atomic E-state index is 12.5. The van der Waals surface area contributed by atoms with Gasteiger partial charge in [-0.25, -0.2) is 0 Å². The molecule has 1 aromatic rings. The Bertz CT molecular complexity index is 513. The van der Waals surface area contributed by atoms with Crippen LogP contribution in [0.2, 0.25) is 0 Å². The number of para-hydroxylation sites is 1. The molecule has 4 nitrogen and oxygen atoms in total. The number of amides is 1. The van der Waals surface area contributed by atoms with Crippen molar-refractivity contribution in [1.29, 1.82) is 0 Å². The lowest BCUT2D eigenvalue weighted by atomic mass is 9.78. The lowest BCUT2D eigenvalue weighted by Crippen LogP contribution is -2.36. The highest BCUT2D eigenvalue weighted by Crippen LogP contribution is 2.31. The van der Waals surface area contributed by atoms with E-state index in [-0.39, 0.29) is 5.91 Å². The van der Waals surface area contributed by atoms with Gasteiger partial charge in [0.2, 0.25) is 5.91 Å². The van der Waals surface area contributed by atoms with Gasteiger partial charge in [-0.3, -0.25) is 9.59 Å². The molecule has 1 fully saturated rings. The number of benzene rings is 1. The number of carboxylic acid groups (broad SMARTS) is 1. The molecular weight excluding hydrogens is 266 g/mol. The van der Waals surface area contributed by atoms with Crippen molar-refractivity contribution in [3.05, 3.63) is 29.8 Å². The first-order chi connectivity index (χ1) is 10.1. The number of carbonyl (C=O) groups excluding carboxylic acids is 1. The summed E-state index contributed by atoms with van der Waals surface area (Å²) in [5, 5.41) is 12.2. The average molecular weight is 289 g/mol. The van der Waals surface area contributed by atoms with Gasteiger partial charge in [-0.2, -0.15) is 0 Å². The van der Waals surface area contributed by atoms with Crippen LogP contribution in [-0.2, 0) is 16.0 Å². The number of anilines is 1. The summed E-state index contributed by atoms with van der Waals surface area (Å²) in [6.07, 6.45) is 5.01. The summed E-state index contributed by atoms with van der Waals surface area (Å²) in [5.41, 5.74) is 1.93. The predicted molar refractivity (Wildman–Crippen MR) is 82.2 cm³/mol. The topological polar surface area (TPSA) is 66.4 Å². The minimum Gasteiger partial charge on any atom is -0.481 e. The summed E-state index contributed by atoms with van der Waals surface area (Å²) in [6.45, 7) is 2.10. The minimum atomic E-state index is -0.850. The number of aliphatic carboxylic acids is 1. The summed E-state index contributed by atoms with van der Waals surface area (Å²) in [6, 6.07) is 7.75. The van der Waals surface area contributed by atoms with Gasteiger partial charge in [-0.15, -0.1) is 0 Å². The van der Waals surface area contributed by atoms with Crippen LogP contribution in [0.4, 0.5) is 5.69 Å². The summed E-state index contributed by atoms with van der Waals surface area (Å²) in [5.74, 6) is -1.95. The maximum atomic E-state index is 12.5. The van der Waals surface area contributed by atoms with Gasteiger partial charge in [0.15, 0.2) is 0 Å². The van der Waals surface area contributed by atoms with Crippen LogP contribution in [0.15, 0.2) is 24.3 Å². The van der Waals surface area contributed by atoms with Gasteiger partial charge >= 0.3 is 5.97 Å². The van der Waals surface area contributed by atoms with E-state index >= 15 is 0 Å². The fourth-order valence-electron chi connectivity index (χ4n) is 3.10. The fourth-order valence-corrected chi connectivity index (χ4v) is 3.10. The smallest absolute Gasteiger partial charge is 0.307 e. The van der Waals surface area contributed by atoms with E-state index in [2.05, 4.69) is 12.2 Å². The van der Waals surface area contributed by atoms with Crippen LogP contribution in [0.3, 0.4) is 0 Å². The van der Waals surface area contributed by atoms with Gasteiger partial charge in [-0.1, -0.05) is 44.4 Å². The first-order valence-electron chi connectivity index (χ1n) is 7.75. The Labute approximate surface area is 125 Å². The standard InChI is InChI=1S/C17H23NO3/c1-2-7-12-8-3-6-11-15(12)18-16(19)13-9-4-5-10-14(13)17(20)21/h3,6,8,11,13-14H,2,4-5,7,9-10H2,1H3,(H,18,19)(H,20,21)/t13-,14+/m1/s1. The highest BCUT2D eigenvalue weighted by atomic mass is 16.4. The predicted octanol–water partition coefficient (Wildman–Crippen LogP) is 3.47. The summed E-state index contributed by atoms with van der Waals surface area (Å²) < 4.78 is 0. The lowest BCUT2D eigenvalue weighted by Gasteiger charge is -2.27. The molecule has 0 spiro atoms. The van der Waals surface area contributed by atoms with Crippen molar-refractivity contribution in [2.75, 3.05) is 5.32 Å². The normalized spacial score (nSPS) is 21.8. The van der Waals surface area contributed by atoms with Gasteiger partial charge in [0.1, 0.15) is 0 Å². The van der Waals surface area contributed by atoms with Gasteiger partial charge < -0.3 is 10.4 Å². The quantitative estimate of drug-likeness (QED) is 0.872. The van der Waals surface area contributed by atoms with Gasteiger partial charge in [0, 0.05) is 5.69 Å². The Hall–Kier alpha value is -1.84. The molecule has 2 N–H and O–H groups in total. The highest BCUT2D eigenvalue weighted by molar-refractivity contribution is 5.95. The lowest BCUT2D eigenvalue weighted by molar-refractivity contribution is -0.147. The molecule has 1 aliphatic carbocycles. The van der Waals surface area contributed by atoms with E-state index in [1.165, 1.54) is 0 Å². The molecule has 4 heteroatoms. The number of hydrogen-bond acceptors (Lipinski definition) is 2. The van der Waals surface area contributed by atoms with E-state index in [0.29, 0.717) is 12.8 Å². The molecule has 21 heavy (non-hydrogen) atoms. The van der Waals surface area contributed by atoms with E-state index in [4.69, 9.17) is 0 Å². The molecule has 114 valence electrons. The van der Waals surface area contributed by atoms with Crippen molar-refractivity contribution >= 4 is 17.6 Å².